The first-order chi connectivity index (χ1) is 8.26. The van der Waals surface area contributed by atoms with Crippen LogP contribution >= 0.6 is 0 Å². The van der Waals surface area contributed by atoms with Crippen LogP contribution in [-0.4, -0.2) is 27.6 Å². The molecule has 1 aromatic rings. The number of hydrogen-bond donors (Lipinski definition) is 1. The largest absolute Gasteiger partial charge is 0.311 e. The standard InChI is InChI=1S/C13H19N3O/c1-2-16-8-10(7-14-16)13(17)9-5-11-3-4-12(6-9)15-11/h7-9,11-12,15H,2-6H2,1H3. The maximum Gasteiger partial charge on any atom is 0.169 e. The number of aryl methyl sites for hydroxylation is 1. The fraction of sp³-hybridized carbons (Fsp3) is 0.692. The van der Waals surface area contributed by atoms with E-state index in [1.54, 1.807) is 6.20 Å². The van der Waals surface area contributed by atoms with Crippen molar-refractivity contribution in [3.8, 4) is 0 Å². The molecule has 3 rings (SSSR count). The van der Waals surface area contributed by atoms with E-state index in [1.807, 2.05) is 17.8 Å². The van der Waals surface area contributed by atoms with Gasteiger partial charge >= 0.3 is 0 Å². The molecule has 2 aliphatic heterocycles. The van der Waals surface area contributed by atoms with E-state index in [2.05, 4.69) is 10.4 Å². The van der Waals surface area contributed by atoms with Gasteiger partial charge < -0.3 is 5.32 Å². The lowest BCUT2D eigenvalue weighted by Crippen LogP contribution is -2.40. The number of hydrogen-bond acceptors (Lipinski definition) is 3. The van der Waals surface area contributed by atoms with E-state index in [-0.39, 0.29) is 5.92 Å². The average Bonchev–Trinajstić information content (AvgIpc) is 2.95. The number of nitrogens with one attached hydrogen (secondary N) is 1. The topological polar surface area (TPSA) is 46.9 Å². The van der Waals surface area contributed by atoms with Gasteiger partial charge in [0, 0.05) is 30.7 Å². The van der Waals surface area contributed by atoms with Crippen molar-refractivity contribution in [2.75, 3.05) is 0 Å². The summed E-state index contributed by atoms with van der Waals surface area (Å²) in [6.45, 7) is 2.86. The van der Waals surface area contributed by atoms with Crippen LogP contribution in [0.25, 0.3) is 0 Å². The van der Waals surface area contributed by atoms with E-state index in [4.69, 9.17) is 0 Å². The van der Waals surface area contributed by atoms with Crippen molar-refractivity contribution in [2.24, 2.45) is 5.92 Å². The molecule has 2 unspecified atom stereocenters. The summed E-state index contributed by atoms with van der Waals surface area (Å²) in [6.07, 6.45) is 8.09. The Morgan fingerprint density at radius 1 is 1.47 bits per heavy atom. The Hall–Kier alpha value is -1.16. The smallest absolute Gasteiger partial charge is 0.169 e. The van der Waals surface area contributed by atoms with Crippen LogP contribution < -0.4 is 5.32 Å². The summed E-state index contributed by atoms with van der Waals surface area (Å²) >= 11 is 0. The normalized spacial score (nSPS) is 31.7. The van der Waals surface area contributed by atoms with Crippen molar-refractivity contribution in [1.29, 1.82) is 0 Å². The van der Waals surface area contributed by atoms with E-state index in [0.29, 0.717) is 17.9 Å². The molecule has 2 fully saturated rings. The Bertz CT molecular complexity index is 414. The highest BCUT2D eigenvalue weighted by atomic mass is 16.1. The predicted octanol–water partition coefficient (Wildman–Crippen LogP) is 1.62. The molecule has 0 radical (unpaired) electrons. The van der Waals surface area contributed by atoms with Gasteiger partial charge in [-0.2, -0.15) is 5.10 Å². The molecule has 0 aliphatic carbocycles. The number of carbonyl (C=O) groups is 1. The highest BCUT2D eigenvalue weighted by Crippen LogP contribution is 2.32. The lowest BCUT2D eigenvalue weighted by Gasteiger charge is -2.27. The van der Waals surface area contributed by atoms with Crippen molar-refractivity contribution in [1.82, 2.24) is 15.1 Å². The molecule has 2 aliphatic rings. The third-order valence-corrected chi connectivity index (χ3v) is 4.09. The summed E-state index contributed by atoms with van der Waals surface area (Å²) in [5.41, 5.74) is 0.790. The SMILES string of the molecule is CCn1cc(C(=O)C2CC3CCC(C2)N3)cn1. The van der Waals surface area contributed by atoms with Gasteiger partial charge in [0.1, 0.15) is 0 Å². The summed E-state index contributed by atoms with van der Waals surface area (Å²) in [5, 5.41) is 7.75. The Kier molecular flexibility index (Phi) is 2.74. The second kappa shape index (κ2) is 4.26. The highest BCUT2D eigenvalue weighted by Gasteiger charge is 2.37. The minimum Gasteiger partial charge on any atom is -0.311 e. The van der Waals surface area contributed by atoms with Gasteiger partial charge in [-0.1, -0.05) is 0 Å². The van der Waals surface area contributed by atoms with Crippen molar-refractivity contribution in [2.45, 2.75) is 51.2 Å². The number of nitrogens with zero attached hydrogens (tertiary/aromatic N) is 2. The molecule has 1 N–H and O–H groups in total. The first kappa shape index (κ1) is 11.0. The maximum absolute atomic E-state index is 12.4. The van der Waals surface area contributed by atoms with Crippen LogP contribution in [0.15, 0.2) is 12.4 Å². The number of Topliss-reactive ketones (excluding diaryl/α,β-unsaturated/α-hetero) is 1. The Labute approximate surface area is 101 Å². The Morgan fingerprint density at radius 2 is 2.18 bits per heavy atom. The van der Waals surface area contributed by atoms with Gasteiger partial charge in [-0.15, -0.1) is 0 Å². The van der Waals surface area contributed by atoms with Crippen LogP contribution in [0.2, 0.25) is 0 Å². The van der Waals surface area contributed by atoms with Gasteiger partial charge in [-0.05, 0) is 32.6 Å². The summed E-state index contributed by atoms with van der Waals surface area (Å²) in [5.74, 6) is 0.506. The molecule has 1 aromatic heterocycles. The molecule has 2 saturated heterocycles. The van der Waals surface area contributed by atoms with Crippen molar-refractivity contribution in [3.63, 3.8) is 0 Å². The van der Waals surface area contributed by atoms with E-state index in [1.165, 1.54) is 12.8 Å². The summed E-state index contributed by atoms with van der Waals surface area (Å²) in [4.78, 5) is 12.4. The van der Waals surface area contributed by atoms with E-state index in [0.717, 1.165) is 24.9 Å². The Balaban J connectivity index is 1.73. The zero-order valence-electron chi connectivity index (χ0n) is 10.2. The molecule has 2 atom stereocenters. The molecule has 4 heteroatoms. The van der Waals surface area contributed by atoms with Gasteiger partial charge in [0.05, 0.1) is 11.8 Å². The zero-order chi connectivity index (χ0) is 11.8. The summed E-state index contributed by atoms with van der Waals surface area (Å²) in [6, 6.07) is 1.15. The number of ketones is 1. The van der Waals surface area contributed by atoms with Crippen molar-refractivity contribution >= 4 is 5.78 Å². The van der Waals surface area contributed by atoms with Gasteiger partial charge in [-0.25, -0.2) is 0 Å². The first-order valence-corrected chi connectivity index (χ1v) is 6.59. The monoisotopic (exact) mass is 233 g/mol. The highest BCUT2D eigenvalue weighted by molar-refractivity contribution is 5.97. The van der Waals surface area contributed by atoms with Crippen LogP contribution in [0.3, 0.4) is 0 Å². The summed E-state index contributed by atoms with van der Waals surface area (Å²) in [7, 11) is 0. The van der Waals surface area contributed by atoms with E-state index >= 15 is 0 Å². The van der Waals surface area contributed by atoms with E-state index < -0.39 is 0 Å². The minimum absolute atomic E-state index is 0.211. The quantitative estimate of drug-likeness (QED) is 0.807. The predicted molar refractivity (Wildman–Crippen MR) is 64.9 cm³/mol. The minimum atomic E-state index is 0.211. The van der Waals surface area contributed by atoms with Gasteiger partial charge in [0.25, 0.3) is 0 Å². The second-order valence-electron chi connectivity index (χ2n) is 5.26. The molecule has 0 spiro atoms. The van der Waals surface area contributed by atoms with Gasteiger partial charge in [-0.3, -0.25) is 9.48 Å². The Morgan fingerprint density at radius 3 is 2.76 bits per heavy atom. The molecule has 4 nitrogen and oxygen atoms in total. The lowest BCUT2D eigenvalue weighted by atomic mass is 9.87. The van der Waals surface area contributed by atoms with Gasteiger partial charge in [0.2, 0.25) is 0 Å². The zero-order valence-corrected chi connectivity index (χ0v) is 10.2. The molecule has 3 heterocycles. The number of aromatic nitrogens is 2. The molecule has 0 amide bonds. The molecule has 17 heavy (non-hydrogen) atoms. The fourth-order valence-electron chi connectivity index (χ4n) is 3.17. The fourth-order valence-corrected chi connectivity index (χ4v) is 3.17. The van der Waals surface area contributed by atoms with Crippen LogP contribution in [0.5, 0.6) is 0 Å². The third kappa shape index (κ3) is 2.02. The second-order valence-corrected chi connectivity index (χ2v) is 5.26. The lowest BCUT2D eigenvalue weighted by molar-refractivity contribution is 0.0875. The maximum atomic E-state index is 12.4. The molecular weight excluding hydrogens is 214 g/mol. The molecule has 0 aromatic carbocycles. The number of fused-ring (bicyclic) bond motifs is 2. The molecule has 2 bridgehead atoms. The molecular formula is C13H19N3O. The molecule has 0 saturated carbocycles. The van der Waals surface area contributed by atoms with Crippen molar-refractivity contribution in [3.05, 3.63) is 18.0 Å². The van der Waals surface area contributed by atoms with Crippen LogP contribution in [-0.2, 0) is 6.54 Å². The molecule has 92 valence electrons. The van der Waals surface area contributed by atoms with Crippen LogP contribution in [0.4, 0.5) is 0 Å². The van der Waals surface area contributed by atoms with Crippen molar-refractivity contribution < 1.29 is 4.79 Å². The van der Waals surface area contributed by atoms with E-state index in [9.17, 15) is 4.79 Å². The van der Waals surface area contributed by atoms with Crippen LogP contribution in [0, 0.1) is 5.92 Å². The summed E-state index contributed by atoms with van der Waals surface area (Å²) < 4.78 is 1.82. The number of carbonyl (C=O) groups excluding carboxylic acids is 1. The number of piperidine rings is 1. The van der Waals surface area contributed by atoms with Gasteiger partial charge in [0.15, 0.2) is 5.78 Å². The number of rotatable bonds is 3. The average molecular weight is 233 g/mol. The first-order valence-electron chi connectivity index (χ1n) is 6.59. The third-order valence-electron chi connectivity index (χ3n) is 4.09. The van der Waals surface area contributed by atoms with Crippen LogP contribution in [0.1, 0.15) is 43.0 Å².